The molecule has 2 heteroatoms. The maximum atomic E-state index is 3.54. The lowest BCUT2D eigenvalue weighted by Gasteiger charge is -2.27. The zero-order valence-corrected chi connectivity index (χ0v) is 10.2. The molecule has 1 saturated heterocycles. The Hall–Kier alpha value is 0.310. The van der Waals surface area contributed by atoms with E-state index in [4.69, 9.17) is 0 Å². The maximum absolute atomic E-state index is 3.54. The van der Waals surface area contributed by atoms with Crippen molar-refractivity contribution in [2.24, 2.45) is 5.92 Å². The van der Waals surface area contributed by atoms with Gasteiger partial charge in [0.2, 0.25) is 0 Å². The summed E-state index contributed by atoms with van der Waals surface area (Å²) in [5, 5.41) is 3.54. The van der Waals surface area contributed by atoms with Gasteiger partial charge in [0.05, 0.1) is 0 Å². The molecule has 0 aliphatic carbocycles. The first kappa shape index (κ1) is 13.3. The van der Waals surface area contributed by atoms with Gasteiger partial charge in [-0.1, -0.05) is 19.8 Å². The number of rotatable bonds is 3. The molecule has 1 rings (SSSR count). The minimum absolute atomic E-state index is 0.771. The summed E-state index contributed by atoms with van der Waals surface area (Å²) >= 11 is 3.53. The van der Waals surface area contributed by atoms with Gasteiger partial charge in [-0.3, -0.25) is 0 Å². The Balaban J connectivity index is 0.000000671. The second kappa shape index (κ2) is 8.89. The van der Waals surface area contributed by atoms with Crippen molar-refractivity contribution in [3.05, 3.63) is 0 Å². The summed E-state index contributed by atoms with van der Waals surface area (Å²) in [6.07, 6.45) is 8.74. The van der Waals surface area contributed by atoms with E-state index < -0.39 is 0 Å². The molecule has 0 aromatic heterocycles. The Morgan fingerprint density at radius 3 is 2.46 bits per heavy atom. The molecule has 0 aromatic carbocycles. The first-order chi connectivity index (χ1) is 6.33. The summed E-state index contributed by atoms with van der Waals surface area (Å²) in [6, 6.07) is 0.771. The molecule has 0 spiro atoms. The summed E-state index contributed by atoms with van der Waals surface area (Å²) < 4.78 is 0. The first-order valence-corrected chi connectivity index (χ1v) is 6.40. The Morgan fingerprint density at radius 1 is 1.31 bits per heavy atom. The van der Waals surface area contributed by atoms with Crippen molar-refractivity contribution in [2.75, 3.05) is 12.8 Å². The van der Waals surface area contributed by atoms with Crippen molar-refractivity contribution in [1.82, 2.24) is 5.32 Å². The van der Waals surface area contributed by atoms with Crippen LogP contribution in [-0.4, -0.2) is 18.8 Å². The van der Waals surface area contributed by atoms with Gasteiger partial charge in [0.25, 0.3) is 0 Å². The molecule has 0 aromatic rings. The van der Waals surface area contributed by atoms with Gasteiger partial charge in [0.15, 0.2) is 0 Å². The Labute approximate surface area is 89.1 Å². The van der Waals surface area contributed by atoms with Crippen LogP contribution in [0.1, 0.15) is 46.0 Å². The third kappa shape index (κ3) is 6.39. The minimum atomic E-state index is 0.771. The van der Waals surface area contributed by atoms with Crippen LogP contribution in [0.4, 0.5) is 0 Å². The molecule has 1 aliphatic heterocycles. The number of nitrogens with one attached hydrogen (secondary N) is 1. The van der Waals surface area contributed by atoms with Crippen LogP contribution >= 0.6 is 12.6 Å². The fourth-order valence-electron chi connectivity index (χ4n) is 1.80. The van der Waals surface area contributed by atoms with Gasteiger partial charge in [-0.05, 0) is 44.9 Å². The van der Waals surface area contributed by atoms with Crippen molar-refractivity contribution >= 4 is 12.6 Å². The number of thiol groups is 1. The molecule has 1 fully saturated rings. The molecule has 80 valence electrons. The van der Waals surface area contributed by atoms with Crippen molar-refractivity contribution in [1.29, 1.82) is 0 Å². The van der Waals surface area contributed by atoms with E-state index >= 15 is 0 Å². The van der Waals surface area contributed by atoms with Crippen LogP contribution in [-0.2, 0) is 0 Å². The van der Waals surface area contributed by atoms with Crippen LogP contribution in [0.25, 0.3) is 0 Å². The van der Waals surface area contributed by atoms with E-state index in [1.807, 2.05) is 0 Å². The van der Waals surface area contributed by atoms with E-state index in [2.05, 4.69) is 31.8 Å². The molecule has 2 unspecified atom stereocenters. The standard InChI is InChI=1S/C10H21N.CH4S/c1-3-4-5-10-7-6-9(2)11-8-10;1-2/h9-11H,3-8H2,1-2H3;2H,1H3. The van der Waals surface area contributed by atoms with Gasteiger partial charge in [-0.25, -0.2) is 0 Å². The van der Waals surface area contributed by atoms with Gasteiger partial charge in [0, 0.05) is 6.04 Å². The molecule has 0 saturated carbocycles. The van der Waals surface area contributed by atoms with Crippen LogP contribution in [0.15, 0.2) is 0 Å². The van der Waals surface area contributed by atoms with E-state index in [-0.39, 0.29) is 0 Å². The second-order valence-electron chi connectivity index (χ2n) is 3.89. The summed E-state index contributed by atoms with van der Waals surface area (Å²) in [5.74, 6) is 0.978. The zero-order chi connectivity index (χ0) is 10.1. The molecule has 1 heterocycles. The molecular weight excluding hydrogens is 178 g/mol. The first-order valence-electron chi connectivity index (χ1n) is 5.51. The van der Waals surface area contributed by atoms with E-state index in [0.29, 0.717) is 0 Å². The van der Waals surface area contributed by atoms with Crippen molar-refractivity contribution in [3.8, 4) is 0 Å². The lowest BCUT2D eigenvalue weighted by Crippen LogP contribution is -2.36. The van der Waals surface area contributed by atoms with Crippen molar-refractivity contribution in [3.63, 3.8) is 0 Å². The molecular formula is C11H25NS. The third-order valence-corrected chi connectivity index (χ3v) is 2.73. The molecule has 2 atom stereocenters. The predicted octanol–water partition coefficient (Wildman–Crippen LogP) is 3.11. The largest absolute Gasteiger partial charge is 0.314 e. The molecule has 13 heavy (non-hydrogen) atoms. The SMILES string of the molecule is CCCCC1CCC(C)NC1.CS. The van der Waals surface area contributed by atoms with E-state index in [1.165, 1.54) is 38.6 Å². The molecule has 0 amide bonds. The fraction of sp³-hybridized carbons (Fsp3) is 1.00. The lowest BCUT2D eigenvalue weighted by molar-refractivity contribution is 0.304. The van der Waals surface area contributed by atoms with Gasteiger partial charge < -0.3 is 5.32 Å². The quantitative estimate of drug-likeness (QED) is 0.672. The molecule has 0 bridgehead atoms. The summed E-state index contributed by atoms with van der Waals surface area (Å²) in [7, 11) is 0. The summed E-state index contributed by atoms with van der Waals surface area (Å²) in [5.41, 5.74) is 0. The number of hydrogen-bond acceptors (Lipinski definition) is 2. The van der Waals surface area contributed by atoms with Crippen LogP contribution in [0.2, 0.25) is 0 Å². The summed E-state index contributed by atoms with van der Waals surface area (Å²) in [6.45, 7) is 5.83. The number of unbranched alkanes of at least 4 members (excludes halogenated alkanes) is 1. The van der Waals surface area contributed by atoms with Gasteiger partial charge in [0.1, 0.15) is 0 Å². The van der Waals surface area contributed by atoms with Crippen LogP contribution in [0.5, 0.6) is 0 Å². The third-order valence-electron chi connectivity index (χ3n) is 2.73. The highest BCUT2D eigenvalue weighted by Crippen LogP contribution is 2.19. The number of hydrogen-bond donors (Lipinski definition) is 2. The Bertz CT molecular complexity index is 95.5. The molecule has 1 nitrogen and oxygen atoms in total. The highest BCUT2D eigenvalue weighted by atomic mass is 32.1. The average molecular weight is 203 g/mol. The van der Waals surface area contributed by atoms with Gasteiger partial charge in [-0.15, -0.1) is 0 Å². The zero-order valence-electron chi connectivity index (χ0n) is 9.34. The fourth-order valence-corrected chi connectivity index (χ4v) is 1.80. The van der Waals surface area contributed by atoms with E-state index in [1.54, 1.807) is 6.26 Å². The van der Waals surface area contributed by atoms with Gasteiger partial charge >= 0.3 is 0 Å². The number of piperidine rings is 1. The topological polar surface area (TPSA) is 12.0 Å². The van der Waals surface area contributed by atoms with E-state index in [0.717, 1.165) is 12.0 Å². The van der Waals surface area contributed by atoms with Crippen LogP contribution < -0.4 is 5.32 Å². The second-order valence-corrected chi connectivity index (χ2v) is 3.89. The monoisotopic (exact) mass is 203 g/mol. The molecule has 1 aliphatic rings. The Kier molecular flexibility index (Phi) is 9.10. The van der Waals surface area contributed by atoms with Crippen LogP contribution in [0, 0.1) is 5.92 Å². The van der Waals surface area contributed by atoms with E-state index in [9.17, 15) is 0 Å². The normalized spacial score (nSPS) is 27.7. The van der Waals surface area contributed by atoms with Crippen LogP contribution in [0.3, 0.4) is 0 Å². The molecule has 0 radical (unpaired) electrons. The predicted molar refractivity (Wildman–Crippen MR) is 64.6 cm³/mol. The lowest BCUT2D eigenvalue weighted by atomic mass is 9.91. The summed E-state index contributed by atoms with van der Waals surface area (Å²) in [4.78, 5) is 0. The highest BCUT2D eigenvalue weighted by Gasteiger charge is 2.16. The molecule has 1 N–H and O–H groups in total. The van der Waals surface area contributed by atoms with Crippen molar-refractivity contribution in [2.45, 2.75) is 52.0 Å². The van der Waals surface area contributed by atoms with Crippen molar-refractivity contribution < 1.29 is 0 Å². The Morgan fingerprint density at radius 2 is 2.00 bits per heavy atom. The highest BCUT2D eigenvalue weighted by molar-refractivity contribution is 7.79. The smallest absolute Gasteiger partial charge is 0.00389 e. The average Bonchev–Trinajstić information content (AvgIpc) is 2.20. The minimum Gasteiger partial charge on any atom is -0.314 e. The maximum Gasteiger partial charge on any atom is 0.00389 e. The van der Waals surface area contributed by atoms with Gasteiger partial charge in [-0.2, -0.15) is 12.6 Å².